The summed E-state index contributed by atoms with van der Waals surface area (Å²) in [4.78, 5) is 25.9. The number of benzene rings is 1. The zero-order valence-corrected chi connectivity index (χ0v) is 18.5. The lowest BCUT2D eigenvalue weighted by molar-refractivity contribution is 0.0651. The fraction of sp³-hybridized carbons (Fsp3) is 0.579. The van der Waals surface area contributed by atoms with E-state index in [9.17, 15) is 9.59 Å². The van der Waals surface area contributed by atoms with Crippen molar-refractivity contribution in [2.45, 2.75) is 46.0 Å². The van der Waals surface area contributed by atoms with Crippen LogP contribution in [0.5, 0.6) is 0 Å². The number of carbonyl (C=O) groups excluding carboxylic acids is 2. The van der Waals surface area contributed by atoms with Crippen molar-refractivity contribution in [3.05, 3.63) is 35.4 Å². The molecule has 150 valence electrons. The number of amides is 2. The Balaban J connectivity index is 1.60. The van der Waals surface area contributed by atoms with Gasteiger partial charge in [0.25, 0.3) is 11.8 Å². The third-order valence-electron chi connectivity index (χ3n) is 4.23. The van der Waals surface area contributed by atoms with Gasteiger partial charge in [-0.1, -0.05) is 42.8 Å². The zero-order chi connectivity index (χ0) is 19.7. The third-order valence-corrected chi connectivity index (χ3v) is 9.87. The van der Waals surface area contributed by atoms with Gasteiger partial charge >= 0.3 is 0 Å². The van der Waals surface area contributed by atoms with Crippen LogP contribution in [0.25, 0.3) is 0 Å². The Bertz CT molecular complexity index is 653. The molecule has 1 heterocycles. The van der Waals surface area contributed by atoms with Crippen molar-refractivity contribution in [2.24, 2.45) is 0 Å². The van der Waals surface area contributed by atoms with E-state index in [4.69, 9.17) is 20.9 Å². The van der Waals surface area contributed by atoms with Gasteiger partial charge in [-0.25, -0.2) is 0 Å². The molecule has 27 heavy (non-hydrogen) atoms. The Morgan fingerprint density at radius 3 is 2.00 bits per heavy atom. The summed E-state index contributed by atoms with van der Waals surface area (Å²) in [7, 11) is 0. The highest BCUT2D eigenvalue weighted by molar-refractivity contribution is 8.67. The standard InChI is InChI=1S/C19H28NO4PS2/c1-3-23-25(26,24-4-2)27-15-11-7-5-6-10-14-20-18(21)16-12-8-9-13-17(16)19(20)22/h8-9,12-13H,3-7,10-11,14-15H2,1-2H3. The van der Waals surface area contributed by atoms with Crippen molar-refractivity contribution in [1.29, 1.82) is 0 Å². The number of rotatable bonds is 13. The molecule has 0 radical (unpaired) electrons. The Labute approximate surface area is 171 Å². The maximum absolute atomic E-state index is 12.3. The van der Waals surface area contributed by atoms with E-state index in [0.717, 1.165) is 37.9 Å². The molecule has 8 heteroatoms. The number of fused-ring (bicyclic) bond motifs is 1. The predicted octanol–water partition coefficient (Wildman–Crippen LogP) is 5.26. The first-order valence-corrected chi connectivity index (χ1v) is 13.7. The van der Waals surface area contributed by atoms with Crippen LogP contribution in [0.1, 0.15) is 66.7 Å². The van der Waals surface area contributed by atoms with E-state index in [1.807, 2.05) is 13.8 Å². The van der Waals surface area contributed by atoms with E-state index in [2.05, 4.69) is 0 Å². The minimum absolute atomic E-state index is 0.162. The molecule has 0 bridgehead atoms. The summed E-state index contributed by atoms with van der Waals surface area (Å²) < 4.78 is 11.2. The number of hydrogen-bond acceptors (Lipinski definition) is 6. The molecule has 1 aliphatic heterocycles. The van der Waals surface area contributed by atoms with Crippen LogP contribution in [0, 0.1) is 0 Å². The lowest BCUT2D eigenvalue weighted by Gasteiger charge is -2.19. The molecule has 0 saturated carbocycles. The first-order valence-electron chi connectivity index (χ1n) is 9.51. The topological polar surface area (TPSA) is 55.8 Å². The van der Waals surface area contributed by atoms with Gasteiger partial charge in [-0.15, -0.1) is 0 Å². The van der Waals surface area contributed by atoms with Crippen molar-refractivity contribution in [3.63, 3.8) is 0 Å². The lowest BCUT2D eigenvalue weighted by atomic mass is 10.1. The maximum atomic E-state index is 12.3. The van der Waals surface area contributed by atoms with Crippen LogP contribution in [0.3, 0.4) is 0 Å². The van der Waals surface area contributed by atoms with Crippen molar-refractivity contribution in [3.8, 4) is 0 Å². The van der Waals surface area contributed by atoms with Crippen LogP contribution in [-0.4, -0.2) is 42.2 Å². The molecule has 0 aromatic heterocycles. The Morgan fingerprint density at radius 1 is 0.926 bits per heavy atom. The summed E-state index contributed by atoms with van der Waals surface area (Å²) in [5.74, 6) is 0.615. The molecule has 0 spiro atoms. The minimum Gasteiger partial charge on any atom is -0.322 e. The highest BCUT2D eigenvalue weighted by Gasteiger charge is 2.34. The van der Waals surface area contributed by atoms with Crippen molar-refractivity contribution in [1.82, 2.24) is 4.90 Å². The van der Waals surface area contributed by atoms with Gasteiger partial charge in [0.2, 0.25) is 5.69 Å². The number of hydrogen-bond donors (Lipinski definition) is 0. The number of imide groups is 1. The fourth-order valence-corrected chi connectivity index (χ4v) is 7.80. The second-order valence-electron chi connectivity index (χ2n) is 6.19. The van der Waals surface area contributed by atoms with Crippen LogP contribution in [0.2, 0.25) is 0 Å². The van der Waals surface area contributed by atoms with Gasteiger partial charge in [-0.3, -0.25) is 14.5 Å². The molecule has 2 amide bonds. The first-order chi connectivity index (χ1) is 13.0. The van der Waals surface area contributed by atoms with Crippen LogP contribution in [0.4, 0.5) is 0 Å². The van der Waals surface area contributed by atoms with E-state index in [1.54, 1.807) is 35.6 Å². The molecule has 5 nitrogen and oxygen atoms in total. The summed E-state index contributed by atoms with van der Waals surface area (Å²) >= 11 is 7.13. The van der Waals surface area contributed by atoms with Gasteiger partial charge in [0.1, 0.15) is 0 Å². The molecule has 0 unspecified atom stereocenters. The van der Waals surface area contributed by atoms with E-state index < -0.39 is 5.69 Å². The highest BCUT2D eigenvalue weighted by atomic mass is 32.9. The Morgan fingerprint density at radius 2 is 1.44 bits per heavy atom. The normalized spacial score (nSPS) is 14.1. The van der Waals surface area contributed by atoms with Crippen molar-refractivity contribution in [2.75, 3.05) is 25.5 Å². The van der Waals surface area contributed by atoms with Crippen LogP contribution < -0.4 is 0 Å². The zero-order valence-electron chi connectivity index (χ0n) is 16.0. The maximum Gasteiger partial charge on any atom is 0.261 e. The average Bonchev–Trinajstić information content (AvgIpc) is 2.89. The molecule has 0 N–H and O–H groups in total. The van der Waals surface area contributed by atoms with Gasteiger partial charge in [0, 0.05) is 12.3 Å². The summed E-state index contributed by atoms with van der Waals surface area (Å²) in [5.41, 5.74) is -1.12. The average molecular weight is 430 g/mol. The van der Waals surface area contributed by atoms with E-state index in [0.29, 0.717) is 30.9 Å². The molecule has 1 aliphatic rings. The minimum atomic E-state index is -2.17. The van der Waals surface area contributed by atoms with Gasteiger partial charge in [-0.2, -0.15) is 0 Å². The SMILES string of the molecule is CCOP(=S)(OCC)SCCCCCCCN1C(=O)c2ccccc2C1=O. The third kappa shape index (κ3) is 6.40. The fourth-order valence-electron chi connectivity index (χ4n) is 2.95. The summed E-state index contributed by atoms with van der Waals surface area (Å²) in [5, 5.41) is 0. The molecular weight excluding hydrogens is 401 g/mol. The van der Waals surface area contributed by atoms with E-state index in [-0.39, 0.29) is 11.8 Å². The molecule has 0 saturated heterocycles. The predicted molar refractivity (Wildman–Crippen MR) is 115 cm³/mol. The molecule has 0 fully saturated rings. The lowest BCUT2D eigenvalue weighted by Crippen LogP contribution is -2.30. The largest absolute Gasteiger partial charge is 0.322 e. The van der Waals surface area contributed by atoms with E-state index >= 15 is 0 Å². The summed E-state index contributed by atoms with van der Waals surface area (Å²) in [6.45, 7) is 5.55. The first kappa shape index (κ1) is 22.6. The van der Waals surface area contributed by atoms with Gasteiger partial charge in [-0.05, 0) is 50.6 Å². The van der Waals surface area contributed by atoms with Crippen LogP contribution in [-0.2, 0) is 20.9 Å². The molecule has 0 aliphatic carbocycles. The number of unbranched alkanes of at least 4 members (excludes halogenated alkanes) is 4. The van der Waals surface area contributed by atoms with Crippen molar-refractivity contribution < 1.29 is 18.6 Å². The van der Waals surface area contributed by atoms with Crippen LogP contribution in [0.15, 0.2) is 24.3 Å². The highest BCUT2D eigenvalue weighted by Crippen LogP contribution is 2.61. The Kier molecular flexibility index (Phi) is 9.46. The van der Waals surface area contributed by atoms with Crippen molar-refractivity contribution >= 4 is 40.7 Å². The molecule has 0 atom stereocenters. The second kappa shape index (κ2) is 11.3. The molecule has 1 aromatic rings. The number of nitrogens with zero attached hydrogens (tertiary/aromatic N) is 1. The second-order valence-corrected chi connectivity index (χ2v) is 12.6. The quantitative estimate of drug-likeness (QED) is 0.242. The van der Waals surface area contributed by atoms with Gasteiger partial charge in [0.15, 0.2) is 0 Å². The van der Waals surface area contributed by atoms with Gasteiger partial charge in [0.05, 0.1) is 24.3 Å². The molecule has 1 aromatic carbocycles. The number of carbonyl (C=O) groups is 2. The molecular formula is C19H28NO4PS2. The molecule has 2 rings (SSSR count). The van der Waals surface area contributed by atoms with Gasteiger partial charge < -0.3 is 9.05 Å². The smallest absolute Gasteiger partial charge is 0.261 e. The summed E-state index contributed by atoms with van der Waals surface area (Å²) in [6, 6.07) is 7.03. The Hall–Kier alpha value is -0.720. The van der Waals surface area contributed by atoms with E-state index in [1.165, 1.54) is 4.90 Å². The van der Waals surface area contributed by atoms with Crippen LogP contribution >= 0.6 is 17.1 Å². The summed E-state index contributed by atoms with van der Waals surface area (Å²) in [6.07, 6.45) is 5.09. The monoisotopic (exact) mass is 429 g/mol.